The standard InChI is InChI=1S/C27H24BrFN6O3/c1-15(36)21-13-34(22-7-6-17(8-20(21)22)18-10-30-16(2)31-11-18)14-26(37)35-12-19(29)9-23(35)27(38)33-25-5-3-4-24(28)32-25/h3-8,10-11,13,19,23H,9,12,14H2,1-2H3,(H,32,33,38). The molecule has 2 atom stereocenters. The minimum atomic E-state index is -1.32. The van der Waals surface area contributed by atoms with E-state index >= 15 is 0 Å². The number of amides is 2. The number of carbonyl (C=O) groups is 3. The number of alkyl halides is 1. The lowest BCUT2D eigenvalue weighted by Crippen LogP contribution is -2.44. The number of aromatic nitrogens is 4. The molecule has 0 saturated carbocycles. The molecule has 1 fully saturated rings. The third kappa shape index (κ3) is 5.19. The van der Waals surface area contributed by atoms with Crippen molar-refractivity contribution in [2.45, 2.75) is 39.0 Å². The van der Waals surface area contributed by atoms with E-state index in [0.29, 0.717) is 32.7 Å². The molecule has 2 amide bonds. The molecule has 1 aromatic carbocycles. The number of hydrogen-bond acceptors (Lipinski definition) is 6. The summed E-state index contributed by atoms with van der Waals surface area (Å²) in [4.78, 5) is 52.7. The molecule has 0 aliphatic carbocycles. The Morgan fingerprint density at radius 2 is 1.89 bits per heavy atom. The second-order valence-electron chi connectivity index (χ2n) is 9.21. The zero-order chi connectivity index (χ0) is 27.0. The van der Waals surface area contributed by atoms with Crippen LogP contribution >= 0.6 is 15.9 Å². The van der Waals surface area contributed by atoms with Crippen LogP contribution in [0.2, 0.25) is 0 Å². The van der Waals surface area contributed by atoms with Crippen LogP contribution < -0.4 is 5.32 Å². The summed E-state index contributed by atoms with van der Waals surface area (Å²) in [5, 5.41) is 3.35. The van der Waals surface area contributed by atoms with Crippen molar-refractivity contribution in [3.05, 3.63) is 71.0 Å². The van der Waals surface area contributed by atoms with E-state index in [0.717, 1.165) is 11.1 Å². The lowest BCUT2D eigenvalue weighted by Gasteiger charge is -2.24. The van der Waals surface area contributed by atoms with Gasteiger partial charge in [0, 0.05) is 47.0 Å². The zero-order valence-corrected chi connectivity index (χ0v) is 22.3. The van der Waals surface area contributed by atoms with E-state index in [1.54, 1.807) is 48.3 Å². The third-order valence-electron chi connectivity index (χ3n) is 6.52. The highest BCUT2D eigenvalue weighted by atomic mass is 79.9. The maximum Gasteiger partial charge on any atom is 0.248 e. The summed E-state index contributed by atoms with van der Waals surface area (Å²) in [7, 11) is 0. The second-order valence-corrected chi connectivity index (χ2v) is 10.0. The van der Waals surface area contributed by atoms with Crippen molar-refractivity contribution in [3.63, 3.8) is 0 Å². The van der Waals surface area contributed by atoms with Gasteiger partial charge in [-0.2, -0.15) is 0 Å². The number of carbonyl (C=O) groups excluding carboxylic acids is 3. The Bertz CT molecular complexity index is 1550. The van der Waals surface area contributed by atoms with Crippen LogP contribution in [0.4, 0.5) is 10.2 Å². The Morgan fingerprint density at radius 1 is 1.13 bits per heavy atom. The summed E-state index contributed by atoms with van der Waals surface area (Å²) in [6.45, 7) is 2.93. The maximum absolute atomic E-state index is 14.4. The number of pyridine rings is 1. The quantitative estimate of drug-likeness (QED) is 0.269. The van der Waals surface area contributed by atoms with Crippen LogP contribution in [-0.2, 0) is 16.1 Å². The summed E-state index contributed by atoms with van der Waals surface area (Å²) < 4.78 is 16.6. The smallest absolute Gasteiger partial charge is 0.248 e. The third-order valence-corrected chi connectivity index (χ3v) is 6.96. The fourth-order valence-corrected chi connectivity index (χ4v) is 5.01. The van der Waals surface area contributed by atoms with Crippen LogP contribution in [0.1, 0.15) is 29.5 Å². The van der Waals surface area contributed by atoms with Crippen molar-refractivity contribution in [1.82, 2.24) is 24.4 Å². The van der Waals surface area contributed by atoms with Gasteiger partial charge in [0.1, 0.15) is 35.0 Å². The zero-order valence-electron chi connectivity index (χ0n) is 20.7. The van der Waals surface area contributed by atoms with Crippen LogP contribution in [0.15, 0.2) is 59.6 Å². The van der Waals surface area contributed by atoms with Crippen molar-refractivity contribution in [2.24, 2.45) is 0 Å². The monoisotopic (exact) mass is 578 g/mol. The highest BCUT2D eigenvalue weighted by Crippen LogP contribution is 2.29. The van der Waals surface area contributed by atoms with Crippen molar-refractivity contribution >= 4 is 50.2 Å². The van der Waals surface area contributed by atoms with Gasteiger partial charge in [-0.25, -0.2) is 19.3 Å². The number of benzene rings is 1. The molecule has 38 heavy (non-hydrogen) atoms. The second kappa shape index (κ2) is 10.4. The van der Waals surface area contributed by atoms with Crippen LogP contribution in [0.3, 0.4) is 0 Å². The van der Waals surface area contributed by atoms with Gasteiger partial charge in [-0.3, -0.25) is 14.4 Å². The summed E-state index contributed by atoms with van der Waals surface area (Å²) in [6, 6.07) is 9.64. The van der Waals surface area contributed by atoms with Gasteiger partial charge in [0.25, 0.3) is 0 Å². The molecule has 0 bridgehead atoms. The van der Waals surface area contributed by atoms with Gasteiger partial charge in [0.2, 0.25) is 11.8 Å². The van der Waals surface area contributed by atoms with Crippen molar-refractivity contribution in [2.75, 3.05) is 11.9 Å². The number of anilines is 1. The van der Waals surface area contributed by atoms with Gasteiger partial charge in [-0.15, -0.1) is 0 Å². The summed E-state index contributed by atoms with van der Waals surface area (Å²) in [5.74, 6) is -0.119. The first-order chi connectivity index (χ1) is 18.2. The lowest BCUT2D eigenvalue weighted by molar-refractivity contribution is -0.137. The number of hydrogen-bond donors (Lipinski definition) is 1. The number of nitrogens with one attached hydrogen (secondary N) is 1. The van der Waals surface area contributed by atoms with E-state index in [1.165, 1.54) is 11.8 Å². The topological polar surface area (TPSA) is 110 Å². The Morgan fingerprint density at radius 3 is 2.61 bits per heavy atom. The first-order valence-electron chi connectivity index (χ1n) is 12.0. The van der Waals surface area contributed by atoms with E-state index in [1.807, 2.05) is 18.2 Å². The molecule has 4 aromatic rings. The average molecular weight is 579 g/mol. The van der Waals surface area contributed by atoms with E-state index in [9.17, 15) is 18.8 Å². The van der Waals surface area contributed by atoms with E-state index in [2.05, 4.69) is 36.2 Å². The Labute approximate surface area is 226 Å². The number of Topliss-reactive ketones (excluding diaryl/α,β-unsaturated/α-hetero) is 1. The molecule has 1 N–H and O–H groups in total. The number of rotatable bonds is 6. The molecule has 2 unspecified atom stereocenters. The molecule has 5 rings (SSSR count). The largest absolute Gasteiger partial charge is 0.337 e. The first kappa shape index (κ1) is 25.7. The highest BCUT2D eigenvalue weighted by Gasteiger charge is 2.40. The minimum Gasteiger partial charge on any atom is -0.337 e. The predicted molar refractivity (Wildman–Crippen MR) is 143 cm³/mol. The molecule has 11 heteroatoms. The fraction of sp³-hybridized carbons (Fsp3) is 0.259. The Hall–Kier alpha value is -3.99. The number of fused-ring (bicyclic) bond motifs is 1. The van der Waals surface area contributed by atoms with Gasteiger partial charge >= 0.3 is 0 Å². The molecular weight excluding hydrogens is 555 g/mol. The van der Waals surface area contributed by atoms with E-state index in [-0.39, 0.29) is 25.3 Å². The molecule has 0 spiro atoms. The maximum atomic E-state index is 14.4. The molecule has 3 aromatic heterocycles. The molecule has 194 valence electrons. The lowest BCUT2D eigenvalue weighted by atomic mass is 10.0. The van der Waals surface area contributed by atoms with E-state index in [4.69, 9.17) is 0 Å². The van der Waals surface area contributed by atoms with Crippen LogP contribution in [0, 0.1) is 6.92 Å². The summed E-state index contributed by atoms with van der Waals surface area (Å²) in [5.41, 5.74) is 2.77. The number of nitrogens with zero attached hydrogens (tertiary/aromatic N) is 5. The van der Waals surface area contributed by atoms with Crippen LogP contribution in [0.5, 0.6) is 0 Å². The van der Waals surface area contributed by atoms with E-state index < -0.39 is 24.0 Å². The van der Waals surface area contributed by atoms with Gasteiger partial charge in [-0.05, 0) is 59.6 Å². The van der Waals surface area contributed by atoms with Crippen molar-refractivity contribution in [1.29, 1.82) is 0 Å². The number of likely N-dealkylation sites (tertiary alicyclic amines) is 1. The summed E-state index contributed by atoms with van der Waals surface area (Å²) >= 11 is 3.25. The molecule has 1 aliphatic heterocycles. The average Bonchev–Trinajstić information content (AvgIpc) is 3.45. The molecular formula is C27H24BrFN6O3. The Kier molecular flexibility index (Phi) is 7.02. The SMILES string of the molecule is CC(=O)c1cn(CC(=O)N2CC(F)CC2C(=O)Nc2cccc(Br)n2)c2ccc(-c3cnc(C)nc3)cc12. The molecule has 9 nitrogen and oxygen atoms in total. The van der Waals surface area contributed by atoms with Crippen molar-refractivity contribution < 1.29 is 18.8 Å². The first-order valence-corrected chi connectivity index (χ1v) is 12.8. The molecule has 0 radical (unpaired) electrons. The summed E-state index contributed by atoms with van der Waals surface area (Å²) in [6.07, 6.45) is 3.64. The fourth-order valence-electron chi connectivity index (χ4n) is 4.66. The predicted octanol–water partition coefficient (Wildman–Crippen LogP) is 4.34. The van der Waals surface area contributed by atoms with Crippen molar-refractivity contribution in [3.8, 4) is 11.1 Å². The number of ketones is 1. The van der Waals surface area contributed by atoms with Crippen LogP contribution in [-0.4, -0.2) is 60.8 Å². The number of halogens is 2. The van der Waals surface area contributed by atoms with Crippen LogP contribution in [0.25, 0.3) is 22.0 Å². The molecule has 4 heterocycles. The van der Waals surface area contributed by atoms with Gasteiger partial charge in [0.15, 0.2) is 5.78 Å². The van der Waals surface area contributed by atoms with Gasteiger partial charge < -0.3 is 14.8 Å². The number of aryl methyl sites for hydroxylation is 1. The minimum absolute atomic E-state index is 0.0985. The molecule has 1 aliphatic rings. The molecule has 1 saturated heterocycles. The highest BCUT2D eigenvalue weighted by molar-refractivity contribution is 9.10. The normalized spacial score (nSPS) is 17.1. The van der Waals surface area contributed by atoms with Gasteiger partial charge in [0.05, 0.1) is 6.54 Å². The van der Waals surface area contributed by atoms with Gasteiger partial charge in [-0.1, -0.05) is 12.1 Å². The Balaban J connectivity index is 1.41.